The molecule has 1 rings (SSSR count). The molecule has 0 spiro atoms. The standard InChI is InChI=1S/C23H31FN4O.C9H15N/c1-9-11-22(14-17(3)19(5)24)15-26-20(6)23(10-2)27-21(7)25-12-13-28(8)16-18(4)29;1-5-9(3)7(2)6-8(9)10-4/h10,12-14,26H,2,6,15-16H2,1,3-5,7-8H3;6,10H,2,5H2,1,3-4H3/b13-12-,19-17+,22-14+,25-21?,27-23?;. The number of allylic oxidation sites excluding steroid dienone is 6. The van der Waals surface area contributed by atoms with Gasteiger partial charge in [-0.2, -0.15) is 0 Å². The maximum Gasteiger partial charge on any atom is 0.148 e. The predicted molar refractivity (Wildman–Crippen MR) is 166 cm³/mol. The minimum Gasteiger partial charge on any atom is -0.391 e. The van der Waals surface area contributed by atoms with Crippen molar-refractivity contribution in [3.8, 4) is 11.8 Å². The molecule has 1 unspecified atom stereocenters. The highest BCUT2D eigenvalue weighted by atomic mass is 19.1. The average Bonchev–Trinajstić information content (AvgIpc) is 2.87. The van der Waals surface area contributed by atoms with Crippen LogP contribution < -0.4 is 10.6 Å². The summed E-state index contributed by atoms with van der Waals surface area (Å²) in [6.45, 7) is 24.9. The van der Waals surface area contributed by atoms with E-state index in [0.717, 1.165) is 12.0 Å². The Morgan fingerprint density at radius 1 is 1.28 bits per heavy atom. The van der Waals surface area contributed by atoms with E-state index in [1.165, 1.54) is 25.1 Å². The fourth-order valence-electron chi connectivity index (χ4n) is 3.40. The molecule has 0 aromatic rings. The number of carbonyl (C=O) groups is 1. The van der Waals surface area contributed by atoms with Gasteiger partial charge in [0.2, 0.25) is 0 Å². The maximum absolute atomic E-state index is 13.3. The summed E-state index contributed by atoms with van der Waals surface area (Å²) in [4.78, 5) is 21.4. The van der Waals surface area contributed by atoms with Crippen LogP contribution in [0.25, 0.3) is 0 Å². The van der Waals surface area contributed by atoms with Gasteiger partial charge in [-0.3, -0.25) is 4.79 Å². The Morgan fingerprint density at radius 3 is 2.36 bits per heavy atom. The third-order valence-electron chi connectivity index (χ3n) is 6.15. The summed E-state index contributed by atoms with van der Waals surface area (Å²) in [7, 11) is 3.75. The highest BCUT2D eigenvalue weighted by Gasteiger charge is 2.36. The number of aliphatic imine (C=N–C) groups is 2. The molecule has 1 atom stereocenters. The zero-order chi connectivity index (χ0) is 30.2. The van der Waals surface area contributed by atoms with Gasteiger partial charge in [0, 0.05) is 49.7 Å². The second-order valence-corrected chi connectivity index (χ2v) is 9.40. The van der Waals surface area contributed by atoms with Crippen molar-refractivity contribution in [1.29, 1.82) is 0 Å². The molecular formula is C32H46FN5O. The Morgan fingerprint density at radius 2 is 1.92 bits per heavy atom. The monoisotopic (exact) mass is 535 g/mol. The van der Waals surface area contributed by atoms with E-state index in [0.29, 0.717) is 35.9 Å². The van der Waals surface area contributed by atoms with Crippen molar-refractivity contribution in [1.82, 2.24) is 15.5 Å². The fourth-order valence-corrected chi connectivity index (χ4v) is 3.40. The Kier molecular flexibility index (Phi) is 15.8. The third-order valence-corrected chi connectivity index (χ3v) is 6.15. The van der Waals surface area contributed by atoms with Gasteiger partial charge in [-0.15, -0.1) is 5.92 Å². The molecule has 0 radical (unpaired) electrons. The SMILES string of the molecule is C=C1C=C(NC)C1(C)CC.C=CC(=NC(C)=N/C=C\N(C)CC(C)=O)C(=C)NC/C(C#CC)=C/C(C)=C(\C)F. The van der Waals surface area contributed by atoms with Crippen LogP contribution >= 0.6 is 0 Å². The largest absolute Gasteiger partial charge is 0.391 e. The van der Waals surface area contributed by atoms with Gasteiger partial charge in [-0.05, 0) is 70.4 Å². The van der Waals surface area contributed by atoms with Crippen molar-refractivity contribution in [2.75, 3.05) is 27.2 Å². The van der Waals surface area contributed by atoms with E-state index >= 15 is 0 Å². The Hall–Kier alpha value is -3.92. The van der Waals surface area contributed by atoms with Crippen LogP contribution in [0.5, 0.6) is 0 Å². The van der Waals surface area contributed by atoms with Crippen LogP contribution in [-0.4, -0.2) is 49.4 Å². The quantitative estimate of drug-likeness (QED) is 0.131. The topological polar surface area (TPSA) is 69.1 Å². The number of Topliss-reactive ketones (excluding diaryl/α,β-unsaturated/α-hetero) is 1. The number of ketones is 1. The molecule has 0 bridgehead atoms. The normalized spacial score (nSPS) is 17.9. The van der Waals surface area contributed by atoms with E-state index < -0.39 is 0 Å². The Labute approximate surface area is 235 Å². The first kappa shape index (κ1) is 35.1. The molecule has 6 nitrogen and oxygen atoms in total. The molecule has 1 aliphatic carbocycles. The summed E-state index contributed by atoms with van der Waals surface area (Å²) >= 11 is 0. The lowest BCUT2D eigenvalue weighted by molar-refractivity contribution is -0.117. The van der Waals surface area contributed by atoms with Crippen LogP contribution in [0.3, 0.4) is 0 Å². The number of hydrogen-bond donors (Lipinski definition) is 2. The summed E-state index contributed by atoms with van der Waals surface area (Å²) in [5.74, 6) is 6.10. The van der Waals surface area contributed by atoms with Crippen molar-refractivity contribution >= 4 is 17.3 Å². The maximum atomic E-state index is 13.3. The molecule has 0 amide bonds. The molecular weight excluding hydrogens is 489 g/mol. The number of nitrogens with one attached hydrogen (secondary N) is 2. The molecule has 1 aliphatic rings. The third kappa shape index (κ3) is 12.4. The minimum atomic E-state index is -0.249. The highest BCUT2D eigenvalue weighted by Crippen LogP contribution is 2.45. The average molecular weight is 536 g/mol. The van der Waals surface area contributed by atoms with Gasteiger partial charge < -0.3 is 15.5 Å². The molecule has 0 aliphatic heterocycles. The summed E-state index contributed by atoms with van der Waals surface area (Å²) < 4.78 is 13.3. The van der Waals surface area contributed by atoms with Crippen LogP contribution in [-0.2, 0) is 4.79 Å². The van der Waals surface area contributed by atoms with Gasteiger partial charge in [0.05, 0.1) is 23.8 Å². The summed E-state index contributed by atoms with van der Waals surface area (Å²) in [6, 6.07) is 0. The number of rotatable bonds is 12. The van der Waals surface area contributed by atoms with E-state index in [9.17, 15) is 9.18 Å². The smallest absolute Gasteiger partial charge is 0.148 e. The molecule has 0 saturated heterocycles. The van der Waals surface area contributed by atoms with Gasteiger partial charge in [0.15, 0.2) is 0 Å². The van der Waals surface area contributed by atoms with Crippen LogP contribution in [0.1, 0.15) is 54.9 Å². The molecule has 39 heavy (non-hydrogen) atoms. The number of hydrogen-bond acceptors (Lipinski definition) is 5. The lowest BCUT2D eigenvalue weighted by Crippen LogP contribution is -2.34. The van der Waals surface area contributed by atoms with Crippen LogP contribution in [0.4, 0.5) is 4.39 Å². The van der Waals surface area contributed by atoms with Crippen molar-refractivity contribution in [3.63, 3.8) is 0 Å². The molecule has 0 saturated carbocycles. The molecule has 0 heterocycles. The zero-order valence-corrected chi connectivity index (χ0v) is 25.3. The molecule has 0 aromatic carbocycles. The van der Waals surface area contributed by atoms with E-state index in [-0.39, 0.29) is 17.0 Å². The van der Waals surface area contributed by atoms with E-state index in [4.69, 9.17) is 0 Å². The van der Waals surface area contributed by atoms with Crippen molar-refractivity contribution in [2.24, 2.45) is 15.4 Å². The minimum absolute atomic E-state index is 0.0701. The predicted octanol–water partition coefficient (Wildman–Crippen LogP) is 6.42. The first-order valence-corrected chi connectivity index (χ1v) is 12.9. The summed E-state index contributed by atoms with van der Waals surface area (Å²) in [6.07, 6.45) is 9.80. The number of carbonyl (C=O) groups excluding carboxylic acids is 1. The second-order valence-electron chi connectivity index (χ2n) is 9.40. The van der Waals surface area contributed by atoms with Gasteiger partial charge in [0.25, 0.3) is 0 Å². The van der Waals surface area contributed by atoms with Crippen molar-refractivity contribution in [3.05, 3.63) is 84.3 Å². The lowest BCUT2D eigenvalue weighted by Gasteiger charge is -2.40. The van der Waals surface area contributed by atoms with Crippen LogP contribution in [0, 0.1) is 17.3 Å². The molecule has 0 aromatic heterocycles. The number of likely N-dealkylation sites (N-methyl/N-ethyl adjacent to an activating group) is 1. The number of halogens is 1. The van der Waals surface area contributed by atoms with Gasteiger partial charge in [-0.1, -0.05) is 39.5 Å². The fraction of sp³-hybridized carbons (Fsp3) is 0.406. The first-order valence-electron chi connectivity index (χ1n) is 12.9. The molecule has 0 fully saturated rings. The van der Waals surface area contributed by atoms with Gasteiger partial charge in [0.1, 0.15) is 11.6 Å². The van der Waals surface area contributed by atoms with E-state index in [1.807, 2.05) is 7.05 Å². The molecule has 7 heteroatoms. The highest BCUT2D eigenvalue weighted by molar-refractivity contribution is 6.12. The molecule has 2 N–H and O–H groups in total. The number of nitrogens with zero attached hydrogens (tertiary/aromatic N) is 3. The van der Waals surface area contributed by atoms with Crippen molar-refractivity contribution in [2.45, 2.75) is 54.9 Å². The van der Waals surface area contributed by atoms with Crippen LogP contribution in [0.2, 0.25) is 0 Å². The summed E-state index contributed by atoms with van der Waals surface area (Å²) in [5, 5.41) is 6.31. The van der Waals surface area contributed by atoms with Gasteiger partial charge >= 0.3 is 0 Å². The number of amidine groups is 1. The summed E-state index contributed by atoms with van der Waals surface area (Å²) in [5.41, 5.74) is 5.16. The Bertz CT molecular complexity index is 1170. The van der Waals surface area contributed by atoms with Crippen molar-refractivity contribution < 1.29 is 9.18 Å². The van der Waals surface area contributed by atoms with Crippen LogP contribution in [0.15, 0.2) is 94.3 Å². The lowest BCUT2D eigenvalue weighted by atomic mass is 9.69. The van der Waals surface area contributed by atoms with E-state index in [2.05, 4.69) is 72.1 Å². The second kappa shape index (κ2) is 17.6. The Balaban J connectivity index is 0.00000120. The first-order chi connectivity index (χ1) is 18.2. The van der Waals surface area contributed by atoms with Gasteiger partial charge in [-0.25, -0.2) is 14.4 Å². The van der Waals surface area contributed by atoms with E-state index in [1.54, 1.807) is 57.3 Å². The molecule has 212 valence electrons. The zero-order valence-electron chi connectivity index (χ0n) is 25.3.